The van der Waals surface area contributed by atoms with Crippen LogP contribution in [0.5, 0.6) is 0 Å². The van der Waals surface area contributed by atoms with Gasteiger partial charge in [-0.05, 0) is 43.4 Å². The van der Waals surface area contributed by atoms with E-state index >= 15 is 0 Å². The molecule has 2 fully saturated rings. The number of carbonyl (C=O) groups excluding carboxylic acids is 1. The van der Waals surface area contributed by atoms with E-state index in [-0.39, 0.29) is 5.97 Å². The van der Waals surface area contributed by atoms with Crippen LogP contribution in [-0.2, 0) is 9.53 Å². The topological polar surface area (TPSA) is 26.3 Å². The zero-order valence-corrected chi connectivity index (χ0v) is 7.58. The fourth-order valence-corrected chi connectivity index (χ4v) is 2.70. The molecule has 3 atom stereocenters. The molecular formula is C10H16O2. The van der Waals surface area contributed by atoms with Gasteiger partial charge >= 0.3 is 5.97 Å². The lowest BCUT2D eigenvalue weighted by Crippen LogP contribution is -2.18. The quantitative estimate of drug-likeness (QED) is 0.589. The van der Waals surface area contributed by atoms with Crippen LogP contribution in [0.25, 0.3) is 0 Å². The van der Waals surface area contributed by atoms with E-state index in [1.807, 2.05) is 0 Å². The van der Waals surface area contributed by atoms with Gasteiger partial charge in [-0.15, -0.1) is 0 Å². The van der Waals surface area contributed by atoms with Crippen LogP contribution >= 0.6 is 0 Å². The predicted molar refractivity (Wildman–Crippen MR) is 45.6 cm³/mol. The summed E-state index contributed by atoms with van der Waals surface area (Å²) in [6.45, 7) is 0. The molecule has 2 nitrogen and oxygen atoms in total. The minimum atomic E-state index is -0.0266. The first kappa shape index (κ1) is 8.09. The first-order valence-electron chi connectivity index (χ1n) is 4.86. The molecule has 2 aliphatic rings. The average Bonchev–Trinajstić information content (AvgIpc) is 2.30. The molecule has 0 aromatic carbocycles. The molecule has 0 heterocycles. The maximum atomic E-state index is 11.0. The van der Waals surface area contributed by atoms with Crippen LogP contribution in [0.15, 0.2) is 0 Å². The van der Waals surface area contributed by atoms with Crippen molar-refractivity contribution in [2.24, 2.45) is 17.8 Å². The second kappa shape index (κ2) is 3.08. The zero-order valence-electron chi connectivity index (χ0n) is 7.58. The monoisotopic (exact) mass is 168 g/mol. The second-order valence-electron chi connectivity index (χ2n) is 4.22. The van der Waals surface area contributed by atoms with E-state index in [4.69, 9.17) is 0 Å². The third-order valence-corrected chi connectivity index (χ3v) is 3.53. The number of fused-ring (bicyclic) bond motifs is 1. The van der Waals surface area contributed by atoms with Crippen molar-refractivity contribution in [2.75, 3.05) is 7.11 Å². The van der Waals surface area contributed by atoms with E-state index in [1.165, 1.54) is 32.8 Å². The Hall–Kier alpha value is -0.530. The second-order valence-corrected chi connectivity index (χ2v) is 4.22. The van der Waals surface area contributed by atoms with Gasteiger partial charge in [-0.1, -0.05) is 0 Å². The van der Waals surface area contributed by atoms with Gasteiger partial charge < -0.3 is 4.74 Å². The van der Waals surface area contributed by atoms with E-state index in [0.717, 1.165) is 11.8 Å². The Morgan fingerprint density at radius 1 is 1.33 bits per heavy atom. The number of rotatable bonds is 2. The summed E-state index contributed by atoms with van der Waals surface area (Å²) in [6, 6.07) is 0. The Bertz CT molecular complexity index is 176. The lowest BCUT2D eigenvalue weighted by atomic mass is 9.77. The zero-order chi connectivity index (χ0) is 8.55. The predicted octanol–water partition coefficient (Wildman–Crippen LogP) is 1.99. The summed E-state index contributed by atoms with van der Waals surface area (Å²) in [6.07, 6.45) is 6.02. The smallest absolute Gasteiger partial charge is 0.305 e. The Balaban J connectivity index is 1.79. The van der Waals surface area contributed by atoms with Crippen molar-refractivity contribution in [1.82, 2.24) is 0 Å². The van der Waals surface area contributed by atoms with Crippen molar-refractivity contribution < 1.29 is 9.53 Å². The molecule has 0 N–H and O–H groups in total. The molecule has 2 aliphatic carbocycles. The Labute approximate surface area is 73.3 Å². The maximum Gasteiger partial charge on any atom is 0.305 e. The van der Waals surface area contributed by atoms with Gasteiger partial charge in [-0.3, -0.25) is 4.79 Å². The van der Waals surface area contributed by atoms with Crippen LogP contribution < -0.4 is 0 Å². The van der Waals surface area contributed by atoms with Gasteiger partial charge in [0.2, 0.25) is 0 Å². The lowest BCUT2D eigenvalue weighted by Gasteiger charge is -2.29. The Morgan fingerprint density at radius 2 is 1.92 bits per heavy atom. The number of methoxy groups -OCH3 is 1. The van der Waals surface area contributed by atoms with Gasteiger partial charge in [0, 0.05) is 6.42 Å². The highest BCUT2D eigenvalue weighted by Gasteiger charge is 2.40. The summed E-state index contributed by atoms with van der Waals surface area (Å²) in [4.78, 5) is 11.0. The van der Waals surface area contributed by atoms with Crippen LogP contribution in [0.1, 0.15) is 32.1 Å². The summed E-state index contributed by atoms with van der Waals surface area (Å²) in [5.74, 6) is 2.52. The fraction of sp³-hybridized carbons (Fsp3) is 0.900. The molecule has 12 heavy (non-hydrogen) atoms. The molecule has 68 valence electrons. The van der Waals surface area contributed by atoms with E-state index in [1.54, 1.807) is 0 Å². The molecule has 0 amide bonds. The third kappa shape index (κ3) is 1.35. The summed E-state index contributed by atoms with van der Waals surface area (Å²) < 4.78 is 4.66. The van der Waals surface area contributed by atoms with E-state index in [0.29, 0.717) is 12.3 Å². The molecule has 0 aromatic heterocycles. The molecule has 0 spiro atoms. The number of ether oxygens (including phenoxy) is 1. The van der Waals surface area contributed by atoms with Crippen molar-refractivity contribution in [1.29, 1.82) is 0 Å². The van der Waals surface area contributed by atoms with Crippen LogP contribution in [0.4, 0.5) is 0 Å². The highest BCUT2D eigenvalue weighted by atomic mass is 16.5. The standard InChI is InChI=1S/C10H16O2/c1-12-10(11)6-7-4-8-2-3-9(8)5-7/h7-9H,2-6H2,1H3/t7-,8+,9-. The minimum absolute atomic E-state index is 0.0266. The average molecular weight is 168 g/mol. The summed E-state index contributed by atoms with van der Waals surface area (Å²) in [5.41, 5.74) is 0. The molecule has 0 unspecified atom stereocenters. The fourth-order valence-electron chi connectivity index (χ4n) is 2.70. The molecule has 2 rings (SSSR count). The number of esters is 1. The molecule has 0 aliphatic heterocycles. The Morgan fingerprint density at radius 3 is 2.33 bits per heavy atom. The highest BCUT2D eigenvalue weighted by molar-refractivity contribution is 5.69. The largest absolute Gasteiger partial charge is 0.469 e. The highest BCUT2D eigenvalue weighted by Crippen LogP contribution is 2.50. The maximum absolute atomic E-state index is 11.0. The van der Waals surface area contributed by atoms with Gasteiger partial charge in [0.15, 0.2) is 0 Å². The summed E-state index contributed by atoms with van der Waals surface area (Å²) in [5, 5.41) is 0. The van der Waals surface area contributed by atoms with Crippen molar-refractivity contribution in [3.05, 3.63) is 0 Å². The van der Waals surface area contributed by atoms with Gasteiger partial charge in [-0.25, -0.2) is 0 Å². The van der Waals surface area contributed by atoms with Crippen LogP contribution in [0, 0.1) is 17.8 Å². The molecule has 2 saturated carbocycles. The van der Waals surface area contributed by atoms with E-state index < -0.39 is 0 Å². The first-order chi connectivity index (χ1) is 5.79. The van der Waals surface area contributed by atoms with Crippen molar-refractivity contribution in [3.63, 3.8) is 0 Å². The molecular weight excluding hydrogens is 152 g/mol. The van der Waals surface area contributed by atoms with E-state index in [2.05, 4.69) is 4.74 Å². The normalized spacial score (nSPS) is 38.6. The van der Waals surface area contributed by atoms with Gasteiger partial charge in [0.1, 0.15) is 0 Å². The van der Waals surface area contributed by atoms with Gasteiger partial charge in [0.25, 0.3) is 0 Å². The SMILES string of the molecule is COC(=O)C[C@H]1C[C@H]2CC[C@H]2C1. The minimum Gasteiger partial charge on any atom is -0.469 e. The Kier molecular flexibility index (Phi) is 2.07. The lowest BCUT2D eigenvalue weighted by molar-refractivity contribution is -0.141. The number of hydrogen-bond donors (Lipinski definition) is 0. The van der Waals surface area contributed by atoms with Crippen molar-refractivity contribution >= 4 is 5.97 Å². The van der Waals surface area contributed by atoms with Crippen molar-refractivity contribution in [3.8, 4) is 0 Å². The summed E-state index contributed by atoms with van der Waals surface area (Å²) >= 11 is 0. The van der Waals surface area contributed by atoms with Crippen LogP contribution in [0.2, 0.25) is 0 Å². The number of carbonyl (C=O) groups is 1. The molecule has 0 aromatic rings. The number of hydrogen-bond acceptors (Lipinski definition) is 2. The van der Waals surface area contributed by atoms with Crippen molar-refractivity contribution in [2.45, 2.75) is 32.1 Å². The van der Waals surface area contributed by atoms with Crippen LogP contribution in [-0.4, -0.2) is 13.1 Å². The summed E-state index contributed by atoms with van der Waals surface area (Å²) in [7, 11) is 1.48. The third-order valence-electron chi connectivity index (χ3n) is 3.53. The van der Waals surface area contributed by atoms with Crippen LogP contribution in [0.3, 0.4) is 0 Å². The van der Waals surface area contributed by atoms with Gasteiger partial charge in [0.05, 0.1) is 7.11 Å². The molecule has 0 saturated heterocycles. The molecule has 0 radical (unpaired) electrons. The first-order valence-corrected chi connectivity index (χ1v) is 4.86. The van der Waals surface area contributed by atoms with E-state index in [9.17, 15) is 4.79 Å². The van der Waals surface area contributed by atoms with Gasteiger partial charge in [-0.2, -0.15) is 0 Å². The molecule has 0 bridgehead atoms. The molecule has 2 heteroatoms.